The van der Waals surface area contributed by atoms with Crippen LogP contribution in [0.1, 0.15) is 48.9 Å². The Labute approximate surface area is 339 Å². The fourth-order valence-electron chi connectivity index (χ4n) is 7.75. The van der Waals surface area contributed by atoms with Gasteiger partial charge in [-0.2, -0.15) is 0 Å². The van der Waals surface area contributed by atoms with Gasteiger partial charge in [-0.25, -0.2) is 9.59 Å². The van der Waals surface area contributed by atoms with E-state index < -0.39 is 48.2 Å². The molecule has 4 atom stereocenters. The molecule has 0 aliphatic carbocycles. The summed E-state index contributed by atoms with van der Waals surface area (Å²) < 4.78 is 10.9. The van der Waals surface area contributed by atoms with Crippen molar-refractivity contribution < 1.29 is 43.0 Å². The van der Waals surface area contributed by atoms with E-state index in [4.69, 9.17) is 9.15 Å². The first kappa shape index (κ1) is 40.1. The minimum absolute atomic E-state index is 0.328. The maximum atomic E-state index is 13.8. The molecule has 1 aromatic heterocycles. The Bertz CT molecular complexity index is 2350. The normalized spacial score (nSPS) is 17.2. The lowest BCUT2D eigenvalue weighted by molar-refractivity contribution is -0.140. The first-order valence-corrected chi connectivity index (χ1v) is 19.3. The number of amides is 6. The van der Waals surface area contributed by atoms with Crippen molar-refractivity contribution in [3.05, 3.63) is 120 Å². The molecule has 5 aromatic rings. The van der Waals surface area contributed by atoms with Crippen molar-refractivity contribution >= 4 is 58.2 Å². The van der Waals surface area contributed by atoms with Crippen molar-refractivity contribution in [1.29, 1.82) is 0 Å². The molecule has 2 fully saturated rings. The fourth-order valence-corrected chi connectivity index (χ4v) is 7.75. The van der Waals surface area contributed by atoms with Gasteiger partial charge in [-0.1, -0.05) is 60.7 Å². The number of likely N-dealkylation sites (tertiary alicyclic amines) is 2. The number of carbonyl (C=O) groups excluding carboxylic acids is 5. The van der Waals surface area contributed by atoms with Crippen molar-refractivity contribution in [2.75, 3.05) is 37.9 Å². The van der Waals surface area contributed by atoms with Crippen LogP contribution in [0, 0.1) is 0 Å². The maximum Gasteiger partial charge on any atom is 0.407 e. The van der Waals surface area contributed by atoms with E-state index in [2.05, 4.69) is 16.0 Å². The molecule has 0 saturated carbocycles. The quantitative estimate of drug-likeness (QED) is 0.117. The van der Waals surface area contributed by atoms with Gasteiger partial charge in [0, 0.05) is 42.5 Å². The Morgan fingerprint density at radius 3 is 1.88 bits per heavy atom. The predicted octanol–water partition coefficient (Wildman–Crippen LogP) is 6.41. The van der Waals surface area contributed by atoms with E-state index >= 15 is 0 Å². The summed E-state index contributed by atoms with van der Waals surface area (Å²) in [6.45, 7) is 0.685. The van der Waals surface area contributed by atoms with Crippen molar-refractivity contribution in [3.8, 4) is 11.3 Å². The van der Waals surface area contributed by atoms with Crippen LogP contribution < -0.4 is 16.0 Å². The molecule has 304 valence electrons. The summed E-state index contributed by atoms with van der Waals surface area (Å²) in [7, 11) is 2.56. The number of anilines is 2. The third-order valence-corrected chi connectivity index (χ3v) is 10.8. The number of nitrogens with one attached hydrogen (secondary N) is 3. The average molecular weight is 801 g/mol. The topological polar surface area (TPSA) is 191 Å². The molecule has 0 radical (unpaired) electrons. The second-order valence-electron chi connectivity index (χ2n) is 14.5. The number of carbonyl (C=O) groups is 6. The maximum absolute atomic E-state index is 13.8. The first-order chi connectivity index (χ1) is 28.5. The highest BCUT2D eigenvalue weighted by Crippen LogP contribution is 2.32. The van der Waals surface area contributed by atoms with E-state index in [0.29, 0.717) is 72.6 Å². The number of ether oxygens (including phenoxy) is 1. The van der Waals surface area contributed by atoms with Gasteiger partial charge in [0.1, 0.15) is 35.5 Å². The summed E-state index contributed by atoms with van der Waals surface area (Å²) in [5, 5.41) is 18.9. The summed E-state index contributed by atoms with van der Waals surface area (Å²) in [6, 6.07) is 28.0. The Kier molecular flexibility index (Phi) is 11.9. The van der Waals surface area contributed by atoms with E-state index in [1.165, 1.54) is 24.0 Å². The van der Waals surface area contributed by atoms with Gasteiger partial charge in [0.2, 0.25) is 11.8 Å². The monoisotopic (exact) mass is 800 g/mol. The molecule has 0 bridgehead atoms. The summed E-state index contributed by atoms with van der Waals surface area (Å²) in [5.41, 5.74) is 3.44. The number of fused-ring (bicyclic) bond motifs is 1. The number of furan rings is 1. The van der Waals surface area contributed by atoms with Crippen molar-refractivity contribution in [1.82, 2.24) is 20.0 Å². The van der Waals surface area contributed by atoms with Crippen LogP contribution in [-0.2, 0) is 23.9 Å². The molecular formula is C44H44N6O9. The fraction of sp³-hybridized carbons (Fsp3) is 0.273. The average Bonchev–Trinajstić information content (AvgIpc) is 4.04. The predicted molar refractivity (Wildman–Crippen MR) is 218 cm³/mol. The number of hydrogen-bond acceptors (Lipinski definition) is 8. The van der Waals surface area contributed by atoms with E-state index in [9.17, 15) is 33.9 Å². The Hall–Kier alpha value is -7.16. The van der Waals surface area contributed by atoms with Crippen LogP contribution in [-0.4, -0.2) is 95.0 Å². The van der Waals surface area contributed by atoms with Gasteiger partial charge >= 0.3 is 12.2 Å². The highest BCUT2D eigenvalue weighted by molar-refractivity contribution is 6.01. The summed E-state index contributed by atoms with van der Waals surface area (Å²) in [4.78, 5) is 82.7. The third kappa shape index (κ3) is 8.73. The molecule has 4 aromatic carbocycles. The number of likely N-dealkylation sites (N-methyl/N-ethyl adjacent to an activating group) is 1. The van der Waals surface area contributed by atoms with Gasteiger partial charge in [-0.05, 0) is 85.3 Å². The van der Waals surface area contributed by atoms with Crippen LogP contribution in [0.5, 0.6) is 0 Å². The molecule has 15 nitrogen and oxygen atoms in total. The molecule has 7 rings (SSSR count). The third-order valence-electron chi connectivity index (χ3n) is 10.8. The number of hydrogen-bond donors (Lipinski definition) is 4. The Morgan fingerprint density at radius 1 is 0.729 bits per heavy atom. The van der Waals surface area contributed by atoms with Gasteiger partial charge in [-0.15, -0.1) is 0 Å². The van der Waals surface area contributed by atoms with Crippen LogP contribution in [0.3, 0.4) is 0 Å². The number of alkyl carbamates (subject to hydrolysis) is 1. The van der Waals surface area contributed by atoms with Crippen LogP contribution >= 0.6 is 0 Å². The molecule has 3 heterocycles. The molecule has 2 aliphatic rings. The second kappa shape index (κ2) is 17.5. The molecule has 2 saturated heterocycles. The van der Waals surface area contributed by atoms with Crippen molar-refractivity contribution in [2.24, 2.45) is 0 Å². The standard InChI is InChI=1S/C44H44N6O9/c1-48(44(56)57)38(29-13-7-4-8-14-29)42(54)50-24-10-16-34(50)39(51)45-31-19-17-27(18-20-31)36-26-30-25-32(21-22-35(30)59-36)46-40(52)33-15-9-23-49(33)41(53)37(47-43(55)58-2)28-11-5-3-6-12-28/h3-8,11-14,17-22,25-26,33-34,37-38H,9-10,15-16,23-24H2,1-2H3,(H,45,51)(H,46,52)(H,47,55)(H,56,57)/t33-,34-,37+,38+/m0/s1. The SMILES string of the molecule is COC(=O)N[C@@H](C(=O)N1CCC[C@H]1C(=O)Nc1ccc2oc(-c3ccc(NC(=O)[C@@H]4CCCN4C(=O)[C@@H](c4ccccc4)N(C)C(=O)O)cc3)cc2c1)c1ccccc1. The summed E-state index contributed by atoms with van der Waals surface area (Å²) in [5.74, 6) is -1.03. The van der Waals surface area contributed by atoms with Gasteiger partial charge in [0.05, 0.1) is 7.11 Å². The number of rotatable bonds is 11. The van der Waals surface area contributed by atoms with E-state index in [-0.39, 0.29) is 11.8 Å². The highest BCUT2D eigenvalue weighted by Gasteiger charge is 2.41. The number of carboxylic acid groups (broad SMARTS) is 1. The summed E-state index contributed by atoms with van der Waals surface area (Å²) in [6.07, 6.45) is 0.110. The first-order valence-electron chi connectivity index (χ1n) is 19.3. The Morgan fingerprint density at radius 2 is 1.29 bits per heavy atom. The lowest BCUT2D eigenvalue weighted by Crippen LogP contribution is -2.48. The molecule has 15 heteroatoms. The highest BCUT2D eigenvalue weighted by atomic mass is 16.5. The number of methoxy groups -OCH3 is 1. The zero-order chi connectivity index (χ0) is 41.6. The number of nitrogens with zero attached hydrogens (tertiary/aromatic N) is 3. The van der Waals surface area contributed by atoms with Crippen LogP contribution in [0.4, 0.5) is 21.0 Å². The van der Waals surface area contributed by atoms with Crippen LogP contribution in [0.2, 0.25) is 0 Å². The van der Waals surface area contributed by atoms with E-state index in [1.54, 1.807) is 103 Å². The van der Waals surface area contributed by atoms with Gasteiger partial charge < -0.3 is 40.0 Å². The molecule has 6 amide bonds. The largest absolute Gasteiger partial charge is 0.465 e. The lowest BCUT2D eigenvalue weighted by atomic mass is 10.0. The van der Waals surface area contributed by atoms with Crippen molar-refractivity contribution in [3.63, 3.8) is 0 Å². The van der Waals surface area contributed by atoms with Crippen molar-refractivity contribution in [2.45, 2.75) is 49.9 Å². The van der Waals surface area contributed by atoms with E-state index in [1.807, 2.05) is 6.07 Å². The molecule has 0 spiro atoms. The lowest BCUT2D eigenvalue weighted by Gasteiger charge is -2.32. The molecule has 0 unspecified atom stereocenters. The smallest absolute Gasteiger partial charge is 0.407 e. The molecule has 59 heavy (non-hydrogen) atoms. The van der Waals surface area contributed by atoms with E-state index in [0.717, 1.165) is 15.8 Å². The van der Waals surface area contributed by atoms with Crippen LogP contribution in [0.15, 0.2) is 114 Å². The summed E-state index contributed by atoms with van der Waals surface area (Å²) >= 11 is 0. The minimum atomic E-state index is -1.25. The molecule has 2 aliphatic heterocycles. The molecule has 4 N–H and O–H groups in total. The molecular weight excluding hydrogens is 757 g/mol. The Balaban J connectivity index is 0.997. The van der Waals surface area contributed by atoms with Crippen LogP contribution in [0.25, 0.3) is 22.3 Å². The van der Waals surface area contributed by atoms with Gasteiger partial charge in [-0.3, -0.25) is 24.1 Å². The van der Waals surface area contributed by atoms with Gasteiger partial charge in [0.15, 0.2) is 0 Å². The second-order valence-corrected chi connectivity index (χ2v) is 14.5. The zero-order valence-corrected chi connectivity index (χ0v) is 32.5. The number of benzene rings is 4. The zero-order valence-electron chi connectivity index (χ0n) is 32.5. The minimum Gasteiger partial charge on any atom is -0.465 e. The van der Waals surface area contributed by atoms with Gasteiger partial charge in [0.25, 0.3) is 11.8 Å².